The van der Waals surface area contributed by atoms with Gasteiger partial charge in [0.05, 0.1) is 14.2 Å². The van der Waals surface area contributed by atoms with Crippen LogP contribution in [0.1, 0.15) is 24.0 Å². The second-order valence-corrected chi connectivity index (χ2v) is 7.53. The summed E-state index contributed by atoms with van der Waals surface area (Å²) in [6, 6.07) is 7.51. The van der Waals surface area contributed by atoms with Gasteiger partial charge in [0.25, 0.3) is 0 Å². The zero-order chi connectivity index (χ0) is 18.7. The average Bonchev–Trinajstić information content (AvgIpc) is 3.14. The highest BCUT2D eigenvalue weighted by atomic mass is 19.1. The number of phenols is 1. The molecule has 140 valence electrons. The van der Waals surface area contributed by atoms with Crippen molar-refractivity contribution < 1.29 is 19.0 Å². The maximum absolute atomic E-state index is 14.2. The van der Waals surface area contributed by atoms with Gasteiger partial charge in [-0.3, -0.25) is 4.90 Å². The van der Waals surface area contributed by atoms with E-state index >= 15 is 0 Å². The van der Waals surface area contributed by atoms with Crippen molar-refractivity contribution in [3.8, 4) is 17.2 Å². The smallest absolute Gasteiger partial charge is 0.165 e. The molecule has 0 bridgehead atoms. The fourth-order valence-corrected chi connectivity index (χ4v) is 4.90. The quantitative estimate of drug-likeness (QED) is 0.683. The maximum Gasteiger partial charge on any atom is 0.165 e. The van der Waals surface area contributed by atoms with Crippen molar-refractivity contribution in [2.75, 3.05) is 20.8 Å². The van der Waals surface area contributed by atoms with Crippen LogP contribution in [0.3, 0.4) is 0 Å². The van der Waals surface area contributed by atoms with Gasteiger partial charge in [-0.2, -0.15) is 0 Å². The first-order chi connectivity index (χ1) is 13.1. The average molecular weight is 367 g/mol. The molecule has 1 saturated heterocycles. The number of hydrogen-bond donors (Lipinski definition) is 1. The number of ether oxygens (including phenoxy) is 2. The first-order valence-electron chi connectivity index (χ1n) is 9.36. The van der Waals surface area contributed by atoms with E-state index in [0.717, 1.165) is 41.1 Å². The number of halogens is 1. The number of phenolic OH excluding ortho intramolecular Hbond substituents is 1. The van der Waals surface area contributed by atoms with Gasteiger partial charge in [0.15, 0.2) is 23.1 Å². The van der Waals surface area contributed by atoms with Crippen molar-refractivity contribution in [1.82, 2.24) is 4.90 Å². The van der Waals surface area contributed by atoms with Crippen molar-refractivity contribution in [2.45, 2.75) is 31.8 Å². The summed E-state index contributed by atoms with van der Waals surface area (Å²) in [4.78, 5) is 2.53. The van der Waals surface area contributed by atoms with Crippen LogP contribution >= 0.6 is 0 Å². The van der Waals surface area contributed by atoms with E-state index in [1.54, 1.807) is 20.3 Å². The second kappa shape index (κ2) is 5.99. The van der Waals surface area contributed by atoms with Gasteiger partial charge in [0.2, 0.25) is 0 Å². The van der Waals surface area contributed by atoms with Crippen LogP contribution in [-0.2, 0) is 13.0 Å². The Balaban J connectivity index is 1.91. The standard InChI is InChI=1S/C22H22FNO3/c1-26-21-9-16-15-8-20(25)19(23)7-14(15)13-6-12-4-3-5-24(12)11-18(13)17(16)10-22(21)27-2/h7-10,12,25H,3-6,11H2,1-2H3/t12-/m0/s1. The van der Waals surface area contributed by atoms with Gasteiger partial charge in [-0.15, -0.1) is 0 Å². The molecule has 1 N–H and O–H groups in total. The Hall–Kier alpha value is -2.53. The van der Waals surface area contributed by atoms with E-state index in [-0.39, 0.29) is 5.75 Å². The van der Waals surface area contributed by atoms with Gasteiger partial charge in [0, 0.05) is 12.6 Å². The molecule has 3 aromatic rings. The minimum Gasteiger partial charge on any atom is -0.505 e. The number of nitrogens with zero attached hydrogens (tertiary/aromatic N) is 1. The van der Waals surface area contributed by atoms with Gasteiger partial charge in [-0.1, -0.05) is 0 Å². The Bertz CT molecular complexity index is 1080. The minimum atomic E-state index is -0.571. The van der Waals surface area contributed by atoms with Crippen molar-refractivity contribution in [3.05, 3.63) is 41.2 Å². The molecule has 2 aliphatic rings. The fourth-order valence-electron chi connectivity index (χ4n) is 4.90. The largest absolute Gasteiger partial charge is 0.505 e. The Labute approximate surface area is 157 Å². The number of hydrogen-bond acceptors (Lipinski definition) is 4. The predicted octanol–water partition coefficient (Wildman–Crippen LogP) is 4.38. The monoisotopic (exact) mass is 367 g/mol. The highest BCUT2D eigenvalue weighted by molar-refractivity contribution is 6.12. The lowest BCUT2D eigenvalue weighted by molar-refractivity contribution is 0.229. The number of benzene rings is 3. The van der Waals surface area contributed by atoms with E-state index in [0.29, 0.717) is 17.5 Å². The zero-order valence-electron chi connectivity index (χ0n) is 15.5. The Kier molecular flexibility index (Phi) is 3.69. The van der Waals surface area contributed by atoms with Crippen molar-refractivity contribution >= 4 is 21.5 Å². The summed E-state index contributed by atoms with van der Waals surface area (Å²) in [5.74, 6) is 0.418. The van der Waals surface area contributed by atoms with Crippen LogP contribution in [0.15, 0.2) is 24.3 Å². The molecule has 0 saturated carbocycles. The number of fused-ring (bicyclic) bond motifs is 7. The summed E-state index contributed by atoms with van der Waals surface area (Å²) in [6.45, 7) is 1.98. The van der Waals surface area contributed by atoms with E-state index in [9.17, 15) is 9.50 Å². The third-order valence-electron chi connectivity index (χ3n) is 6.22. The summed E-state index contributed by atoms with van der Waals surface area (Å²) in [5, 5.41) is 13.8. The molecule has 4 nitrogen and oxygen atoms in total. The lowest BCUT2D eigenvalue weighted by atomic mass is 9.85. The first-order valence-corrected chi connectivity index (χ1v) is 9.36. The highest BCUT2D eigenvalue weighted by Gasteiger charge is 2.32. The Morgan fingerprint density at radius 3 is 2.37 bits per heavy atom. The molecule has 0 radical (unpaired) electrons. The lowest BCUT2D eigenvalue weighted by Crippen LogP contribution is -2.35. The molecule has 1 atom stereocenters. The SMILES string of the molecule is COc1cc2c3c(c4cc(F)c(O)cc4c2cc1OC)C[C@@H]1CCCN1C3. The fraction of sp³-hybridized carbons (Fsp3) is 0.364. The van der Waals surface area contributed by atoms with Crippen LogP contribution in [0.4, 0.5) is 4.39 Å². The predicted molar refractivity (Wildman–Crippen MR) is 103 cm³/mol. The molecule has 0 aromatic heterocycles. The van der Waals surface area contributed by atoms with E-state index in [2.05, 4.69) is 4.90 Å². The summed E-state index contributed by atoms with van der Waals surface area (Å²) in [7, 11) is 3.24. The van der Waals surface area contributed by atoms with E-state index in [4.69, 9.17) is 9.47 Å². The van der Waals surface area contributed by atoms with Crippen LogP contribution in [0.5, 0.6) is 17.2 Å². The van der Waals surface area contributed by atoms with Crippen molar-refractivity contribution in [3.63, 3.8) is 0 Å². The Morgan fingerprint density at radius 1 is 0.963 bits per heavy atom. The van der Waals surface area contributed by atoms with Gasteiger partial charge < -0.3 is 14.6 Å². The molecule has 0 aliphatic carbocycles. The molecule has 5 heteroatoms. The molecule has 0 unspecified atom stereocenters. The Morgan fingerprint density at radius 2 is 1.63 bits per heavy atom. The molecule has 1 fully saturated rings. The molecule has 3 aromatic carbocycles. The normalized spacial score (nSPS) is 19.3. The van der Waals surface area contributed by atoms with E-state index < -0.39 is 5.82 Å². The molecule has 0 amide bonds. The maximum atomic E-state index is 14.2. The van der Waals surface area contributed by atoms with E-state index in [1.807, 2.05) is 12.1 Å². The van der Waals surface area contributed by atoms with Crippen LogP contribution in [0.2, 0.25) is 0 Å². The third-order valence-corrected chi connectivity index (χ3v) is 6.22. The number of rotatable bonds is 2. The highest BCUT2D eigenvalue weighted by Crippen LogP contribution is 2.44. The van der Waals surface area contributed by atoms with E-state index in [1.165, 1.54) is 30.0 Å². The van der Waals surface area contributed by atoms with Gasteiger partial charge in [-0.05, 0) is 82.7 Å². The lowest BCUT2D eigenvalue weighted by Gasteiger charge is -2.33. The minimum absolute atomic E-state index is 0.322. The molecule has 5 rings (SSSR count). The molecule has 0 spiro atoms. The third kappa shape index (κ3) is 2.38. The van der Waals surface area contributed by atoms with Gasteiger partial charge in [0.1, 0.15) is 0 Å². The van der Waals surface area contributed by atoms with Crippen molar-refractivity contribution in [1.29, 1.82) is 0 Å². The summed E-state index contributed by atoms with van der Waals surface area (Å²) in [5.41, 5.74) is 2.44. The molecule has 2 heterocycles. The van der Waals surface area contributed by atoms with Crippen LogP contribution < -0.4 is 9.47 Å². The molecular formula is C22H22FNO3. The van der Waals surface area contributed by atoms with Crippen LogP contribution in [0, 0.1) is 5.82 Å². The first kappa shape index (κ1) is 16.6. The summed E-state index contributed by atoms with van der Waals surface area (Å²) in [6.07, 6.45) is 3.31. The van der Waals surface area contributed by atoms with Gasteiger partial charge >= 0.3 is 0 Å². The number of methoxy groups -OCH3 is 2. The topological polar surface area (TPSA) is 41.9 Å². The molecule has 27 heavy (non-hydrogen) atoms. The second-order valence-electron chi connectivity index (χ2n) is 7.53. The van der Waals surface area contributed by atoms with Gasteiger partial charge in [-0.25, -0.2) is 4.39 Å². The number of aromatic hydroxyl groups is 1. The molecular weight excluding hydrogens is 345 g/mol. The van der Waals surface area contributed by atoms with Crippen molar-refractivity contribution in [2.24, 2.45) is 0 Å². The summed E-state index contributed by atoms with van der Waals surface area (Å²) >= 11 is 0. The van der Waals surface area contributed by atoms with Crippen LogP contribution in [-0.4, -0.2) is 36.8 Å². The molecule has 2 aliphatic heterocycles. The van der Waals surface area contributed by atoms with Crippen LogP contribution in [0.25, 0.3) is 21.5 Å². The summed E-state index contributed by atoms with van der Waals surface area (Å²) < 4.78 is 25.3. The zero-order valence-corrected chi connectivity index (χ0v) is 15.5.